The molecular formula is C14H14ClNO5. The number of hydrogen-bond acceptors (Lipinski definition) is 4. The standard InChI is InChI=1S/C14H14ClNO5/c15-9-5-8(6-11-12(9)21-7-20-11)13(17)16-4-2-1-3-10(16)14(18)19/h5-6,10H,1-4,7H2,(H,18,19). The SMILES string of the molecule is O=C(O)C1CCCCN1C(=O)c1cc(Cl)c2c(c1)OCO2. The predicted molar refractivity (Wildman–Crippen MR) is 73.9 cm³/mol. The van der Waals surface area contributed by atoms with E-state index in [-0.39, 0.29) is 17.7 Å². The molecule has 2 aliphatic rings. The van der Waals surface area contributed by atoms with Crippen molar-refractivity contribution in [3.05, 3.63) is 22.7 Å². The van der Waals surface area contributed by atoms with E-state index in [1.807, 2.05) is 0 Å². The Morgan fingerprint density at radius 2 is 2.10 bits per heavy atom. The van der Waals surface area contributed by atoms with Crippen molar-refractivity contribution in [2.24, 2.45) is 0 Å². The molecule has 0 aromatic heterocycles. The summed E-state index contributed by atoms with van der Waals surface area (Å²) in [7, 11) is 0. The lowest BCUT2D eigenvalue weighted by Crippen LogP contribution is -2.47. The van der Waals surface area contributed by atoms with E-state index in [1.165, 1.54) is 11.0 Å². The average molecular weight is 312 g/mol. The van der Waals surface area contributed by atoms with Gasteiger partial charge in [-0.3, -0.25) is 4.79 Å². The molecule has 2 heterocycles. The van der Waals surface area contributed by atoms with Gasteiger partial charge in [0.1, 0.15) is 6.04 Å². The van der Waals surface area contributed by atoms with Crippen LogP contribution >= 0.6 is 11.6 Å². The molecule has 1 aromatic rings. The highest BCUT2D eigenvalue weighted by molar-refractivity contribution is 6.32. The van der Waals surface area contributed by atoms with Gasteiger partial charge in [0, 0.05) is 12.1 Å². The van der Waals surface area contributed by atoms with E-state index < -0.39 is 12.0 Å². The summed E-state index contributed by atoms with van der Waals surface area (Å²) in [4.78, 5) is 25.3. The van der Waals surface area contributed by atoms with Gasteiger partial charge in [0.05, 0.1) is 5.02 Å². The molecule has 21 heavy (non-hydrogen) atoms. The zero-order valence-electron chi connectivity index (χ0n) is 11.2. The molecule has 0 radical (unpaired) electrons. The largest absolute Gasteiger partial charge is 0.480 e. The van der Waals surface area contributed by atoms with Gasteiger partial charge in [0.25, 0.3) is 5.91 Å². The second kappa shape index (κ2) is 5.44. The molecule has 0 bridgehead atoms. The monoisotopic (exact) mass is 311 g/mol. The third-order valence-electron chi connectivity index (χ3n) is 3.72. The Kier molecular flexibility index (Phi) is 3.63. The highest BCUT2D eigenvalue weighted by Crippen LogP contribution is 2.40. The molecule has 1 saturated heterocycles. The normalized spacial score (nSPS) is 20.4. The number of amides is 1. The Labute approximate surface area is 126 Å². The van der Waals surface area contributed by atoms with Crippen molar-refractivity contribution in [1.29, 1.82) is 0 Å². The van der Waals surface area contributed by atoms with Crippen LogP contribution in [-0.4, -0.2) is 41.3 Å². The Bertz CT molecular complexity index is 603. The van der Waals surface area contributed by atoms with Gasteiger partial charge in [-0.2, -0.15) is 0 Å². The number of likely N-dealkylation sites (tertiary alicyclic amines) is 1. The summed E-state index contributed by atoms with van der Waals surface area (Å²) in [5.41, 5.74) is 0.317. The maximum atomic E-state index is 12.6. The molecule has 0 saturated carbocycles. The second-order valence-electron chi connectivity index (χ2n) is 5.04. The molecule has 1 aromatic carbocycles. The zero-order chi connectivity index (χ0) is 15.0. The molecule has 112 valence electrons. The summed E-state index contributed by atoms with van der Waals surface area (Å²) < 4.78 is 10.4. The van der Waals surface area contributed by atoms with Gasteiger partial charge in [-0.25, -0.2) is 4.79 Å². The molecule has 1 amide bonds. The van der Waals surface area contributed by atoms with Crippen LogP contribution < -0.4 is 9.47 Å². The minimum absolute atomic E-state index is 0.0637. The van der Waals surface area contributed by atoms with Crippen molar-refractivity contribution in [2.75, 3.05) is 13.3 Å². The third-order valence-corrected chi connectivity index (χ3v) is 4.00. The Hall–Kier alpha value is -1.95. The summed E-state index contributed by atoms with van der Waals surface area (Å²) in [5, 5.41) is 9.54. The van der Waals surface area contributed by atoms with Crippen LogP contribution in [0.1, 0.15) is 29.6 Å². The number of carboxylic acids is 1. The van der Waals surface area contributed by atoms with E-state index in [9.17, 15) is 14.7 Å². The fraction of sp³-hybridized carbons (Fsp3) is 0.429. The third kappa shape index (κ3) is 2.51. The number of aliphatic carboxylic acids is 1. The lowest BCUT2D eigenvalue weighted by atomic mass is 10.0. The van der Waals surface area contributed by atoms with Crippen molar-refractivity contribution in [1.82, 2.24) is 4.90 Å². The summed E-state index contributed by atoms with van der Waals surface area (Å²) in [5.74, 6) is -0.492. The molecule has 2 aliphatic heterocycles. The summed E-state index contributed by atoms with van der Waals surface area (Å²) >= 11 is 6.06. The van der Waals surface area contributed by atoms with Gasteiger partial charge in [0.2, 0.25) is 6.79 Å². The van der Waals surface area contributed by atoms with Crippen molar-refractivity contribution in [2.45, 2.75) is 25.3 Å². The Balaban J connectivity index is 1.91. The highest BCUT2D eigenvalue weighted by atomic mass is 35.5. The van der Waals surface area contributed by atoms with Gasteiger partial charge >= 0.3 is 5.97 Å². The summed E-state index contributed by atoms with van der Waals surface area (Å²) in [6, 6.07) is 2.25. The molecule has 0 spiro atoms. The first kappa shape index (κ1) is 14.0. The van der Waals surface area contributed by atoms with E-state index in [2.05, 4.69) is 0 Å². The van der Waals surface area contributed by atoms with Gasteiger partial charge in [-0.1, -0.05) is 11.6 Å². The molecule has 0 aliphatic carbocycles. The number of carboxylic acid groups (broad SMARTS) is 1. The Morgan fingerprint density at radius 1 is 1.29 bits per heavy atom. The predicted octanol–water partition coefficient (Wildman–Crippen LogP) is 2.15. The van der Waals surface area contributed by atoms with Crippen LogP contribution in [0.2, 0.25) is 5.02 Å². The Morgan fingerprint density at radius 3 is 2.86 bits per heavy atom. The molecule has 7 heteroatoms. The molecule has 1 unspecified atom stereocenters. The van der Waals surface area contributed by atoms with Gasteiger partial charge < -0.3 is 19.5 Å². The molecular weight excluding hydrogens is 298 g/mol. The molecule has 1 atom stereocenters. The minimum Gasteiger partial charge on any atom is -0.480 e. The lowest BCUT2D eigenvalue weighted by Gasteiger charge is -2.33. The maximum Gasteiger partial charge on any atom is 0.326 e. The van der Waals surface area contributed by atoms with Crippen LogP contribution in [0.15, 0.2) is 12.1 Å². The smallest absolute Gasteiger partial charge is 0.326 e. The molecule has 3 rings (SSSR count). The number of halogens is 1. The fourth-order valence-electron chi connectivity index (χ4n) is 2.69. The van der Waals surface area contributed by atoms with Crippen molar-refractivity contribution in [3.8, 4) is 11.5 Å². The molecule has 1 N–H and O–H groups in total. The number of rotatable bonds is 2. The number of hydrogen-bond donors (Lipinski definition) is 1. The van der Waals surface area contributed by atoms with E-state index >= 15 is 0 Å². The van der Waals surface area contributed by atoms with Crippen LogP contribution in [0.5, 0.6) is 11.5 Å². The quantitative estimate of drug-likeness (QED) is 0.905. The number of piperidine rings is 1. The number of carbonyl (C=O) groups is 2. The van der Waals surface area contributed by atoms with E-state index in [0.29, 0.717) is 30.0 Å². The van der Waals surface area contributed by atoms with E-state index in [0.717, 1.165) is 12.8 Å². The summed E-state index contributed by atoms with van der Waals surface area (Å²) in [6.45, 7) is 0.496. The van der Waals surface area contributed by atoms with Crippen molar-refractivity contribution < 1.29 is 24.2 Å². The number of nitrogens with zero attached hydrogens (tertiary/aromatic N) is 1. The van der Waals surface area contributed by atoms with Crippen LogP contribution in [-0.2, 0) is 4.79 Å². The minimum atomic E-state index is -0.977. The van der Waals surface area contributed by atoms with Crippen LogP contribution in [0.25, 0.3) is 0 Å². The van der Waals surface area contributed by atoms with Crippen molar-refractivity contribution in [3.63, 3.8) is 0 Å². The van der Waals surface area contributed by atoms with Gasteiger partial charge in [0.15, 0.2) is 11.5 Å². The van der Waals surface area contributed by atoms with Gasteiger partial charge in [-0.05, 0) is 31.4 Å². The second-order valence-corrected chi connectivity index (χ2v) is 5.45. The first-order valence-electron chi connectivity index (χ1n) is 6.71. The topological polar surface area (TPSA) is 76.1 Å². The fourth-order valence-corrected chi connectivity index (χ4v) is 2.95. The average Bonchev–Trinajstić information content (AvgIpc) is 2.95. The number of benzene rings is 1. The van der Waals surface area contributed by atoms with Crippen molar-refractivity contribution >= 4 is 23.5 Å². The first-order chi connectivity index (χ1) is 10.1. The van der Waals surface area contributed by atoms with Crippen LogP contribution in [0.4, 0.5) is 0 Å². The number of fused-ring (bicyclic) bond motifs is 1. The maximum absolute atomic E-state index is 12.6. The number of carbonyl (C=O) groups excluding carboxylic acids is 1. The lowest BCUT2D eigenvalue weighted by molar-refractivity contribution is -0.143. The number of ether oxygens (including phenoxy) is 2. The van der Waals surface area contributed by atoms with E-state index in [4.69, 9.17) is 21.1 Å². The van der Waals surface area contributed by atoms with Crippen LogP contribution in [0, 0.1) is 0 Å². The highest BCUT2D eigenvalue weighted by Gasteiger charge is 2.33. The van der Waals surface area contributed by atoms with Crippen LogP contribution in [0.3, 0.4) is 0 Å². The summed E-state index contributed by atoms with van der Waals surface area (Å²) in [6.07, 6.45) is 2.08. The zero-order valence-corrected chi connectivity index (χ0v) is 11.9. The molecule has 6 nitrogen and oxygen atoms in total. The van der Waals surface area contributed by atoms with E-state index in [1.54, 1.807) is 6.07 Å². The first-order valence-corrected chi connectivity index (χ1v) is 7.08. The van der Waals surface area contributed by atoms with Gasteiger partial charge in [-0.15, -0.1) is 0 Å². The molecule has 1 fully saturated rings.